The Hall–Kier alpha value is -0.240. The first-order valence-corrected chi connectivity index (χ1v) is 12.0. The van der Waals surface area contributed by atoms with Gasteiger partial charge in [0, 0.05) is 13.0 Å². The third-order valence-corrected chi connectivity index (χ3v) is 7.41. The van der Waals surface area contributed by atoms with Crippen LogP contribution >= 0.6 is 58.0 Å². The molecule has 10 heteroatoms. The van der Waals surface area contributed by atoms with Crippen LogP contribution in [0.25, 0.3) is 0 Å². The minimum atomic E-state index is -4.09. The average molecular weight is 518 g/mol. The van der Waals surface area contributed by atoms with Crippen molar-refractivity contribution in [2.45, 2.75) is 28.6 Å². The fourth-order valence-electron chi connectivity index (χ4n) is 3.60. The zero-order valence-corrected chi connectivity index (χ0v) is 19.9. The standard InChI is InChI=1S/C19H18Cl5NO3S/c1-25(29(26,27)28-11-19(22,23)24)18-9-7-13(14-4-2-3-5-15(14)18)12-6-8-16(20)17(21)10-12/h2-6,8,10,13,18H,7,9,11H2,1H3/t13-,18-/m0/s1. The van der Waals surface area contributed by atoms with Gasteiger partial charge in [0.05, 0.1) is 16.1 Å². The topological polar surface area (TPSA) is 46.6 Å². The van der Waals surface area contributed by atoms with Gasteiger partial charge in [0.1, 0.15) is 6.61 Å². The molecule has 0 bridgehead atoms. The number of nitrogens with zero attached hydrogens (tertiary/aromatic N) is 1. The number of rotatable bonds is 5. The Labute approximate surface area is 195 Å². The van der Waals surface area contributed by atoms with Crippen LogP contribution in [0.2, 0.25) is 10.0 Å². The number of halogens is 5. The van der Waals surface area contributed by atoms with Crippen LogP contribution in [0.3, 0.4) is 0 Å². The van der Waals surface area contributed by atoms with Gasteiger partial charge >= 0.3 is 10.3 Å². The Balaban J connectivity index is 1.91. The van der Waals surface area contributed by atoms with Crippen molar-refractivity contribution in [3.8, 4) is 0 Å². The average Bonchev–Trinajstić information content (AvgIpc) is 2.67. The summed E-state index contributed by atoms with van der Waals surface area (Å²) in [6.07, 6.45) is 1.32. The molecule has 29 heavy (non-hydrogen) atoms. The van der Waals surface area contributed by atoms with E-state index in [9.17, 15) is 8.42 Å². The van der Waals surface area contributed by atoms with Crippen LogP contribution in [0.1, 0.15) is 41.5 Å². The molecule has 0 saturated heterocycles. The molecule has 1 aliphatic rings. The first kappa shape index (κ1) is 23.4. The maximum absolute atomic E-state index is 12.6. The van der Waals surface area contributed by atoms with E-state index in [0.29, 0.717) is 16.5 Å². The summed E-state index contributed by atoms with van der Waals surface area (Å²) >= 11 is 29.1. The Morgan fingerprint density at radius 3 is 2.31 bits per heavy atom. The zero-order chi connectivity index (χ0) is 21.4. The number of alkyl halides is 3. The molecule has 2 aromatic rings. The molecule has 0 spiro atoms. The summed E-state index contributed by atoms with van der Waals surface area (Å²) < 4.78 is 29.5. The molecule has 158 valence electrons. The molecule has 1 aliphatic carbocycles. The van der Waals surface area contributed by atoms with Crippen LogP contribution in [0.5, 0.6) is 0 Å². The van der Waals surface area contributed by atoms with Crippen molar-refractivity contribution in [1.82, 2.24) is 4.31 Å². The van der Waals surface area contributed by atoms with Crippen molar-refractivity contribution >= 4 is 68.3 Å². The number of fused-ring (bicyclic) bond motifs is 1. The van der Waals surface area contributed by atoms with E-state index in [-0.39, 0.29) is 5.92 Å². The third-order valence-electron chi connectivity index (χ3n) is 4.97. The van der Waals surface area contributed by atoms with Crippen LogP contribution in [-0.4, -0.2) is 30.2 Å². The summed E-state index contributed by atoms with van der Waals surface area (Å²) in [5.41, 5.74) is 2.97. The van der Waals surface area contributed by atoms with Crippen molar-refractivity contribution in [2.75, 3.05) is 13.7 Å². The molecular formula is C19H18Cl5NO3S. The van der Waals surface area contributed by atoms with Crippen molar-refractivity contribution in [1.29, 1.82) is 0 Å². The van der Waals surface area contributed by atoms with E-state index in [0.717, 1.165) is 23.1 Å². The van der Waals surface area contributed by atoms with Crippen molar-refractivity contribution in [3.63, 3.8) is 0 Å². The van der Waals surface area contributed by atoms with E-state index in [1.165, 1.54) is 11.4 Å². The Kier molecular flexibility index (Phi) is 7.34. The summed E-state index contributed by atoms with van der Waals surface area (Å²) in [5, 5.41) is 0.984. The largest absolute Gasteiger partial charge is 0.338 e. The number of benzene rings is 2. The molecule has 0 heterocycles. The third kappa shape index (κ3) is 5.52. The van der Waals surface area contributed by atoms with Gasteiger partial charge < -0.3 is 0 Å². The van der Waals surface area contributed by atoms with Crippen LogP contribution in [0.4, 0.5) is 0 Å². The molecule has 0 aromatic heterocycles. The highest BCUT2D eigenvalue weighted by atomic mass is 35.6. The zero-order valence-electron chi connectivity index (χ0n) is 15.3. The lowest BCUT2D eigenvalue weighted by molar-refractivity contribution is 0.247. The second-order valence-corrected chi connectivity index (χ2v) is 11.8. The molecule has 2 aromatic carbocycles. The smallest absolute Gasteiger partial charge is 0.253 e. The molecule has 0 N–H and O–H groups in total. The van der Waals surface area contributed by atoms with Gasteiger partial charge in [0.15, 0.2) is 0 Å². The highest BCUT2D eigenvalue weighted by molar-refractivity contribution is 7.84. The van der Waals surface area contributed by atoms with Crippen LogP contribution < -0.4 is 0 Å². The van der Waals surface area contributed by atoms with E-state index >= 15 is 0 Å². The van der Waals surface area contributed by atoms with E-state index < -0.39 is 26.7 Å². The summed E-state index contributed by atoms with van der Waals surface area (Å²) in [6.45, 7) is -0.565. The summed E-state index contributed by atoms with van der Waals surface area (Å²) in [5.74, 6) is 0.0791. The quantitative estimate of drug-likeness (QED) is 0.424. The maximum Gasteiger partial charge on any atom is 0.338 e. The molecular weight excluding hydrogens is 500 g/mol. The van der Waals surface area contributed by atoms with Crippen molar-refractivity contribution in [3.05, 3.63) is 69.2 Å². The lowest BCUT2D eigenvalue weighted by Gasteiger charge is -2.36. The molecule has 0 aliphatic heterocycles. The molecule has 0 amide bonds. The maximum atomic E-state index is 12.6. The summed E-state index contributed by atoms with van der Waals surface area (Å²) in [6, 6.07) is 12.9. The Morgan fingerprint density at radius 2 is 1.69 bits per heavy atom. The van der Waals surface area contributed by atoms with E-state index in [2.05, 4.69) is 0 Å². The van der Waals surface area contributed by atoms with Gasteiger partial charge in [-0.1, -0.05) is 88.3 Å². The van der Waals surface area contributed by atoms with Gasteiger partial charge in [-0.15, -0.1) is 0 Å². The van der Waals surface area contributed by atoms with Crippen molar-refractivity contribution in [2.24, 2.45) is 0 Å². The molecule has 0 radical (unpaired) electrons. The molecule has 4 nitrogen and oxygen atoms in total. The van der Waals surface area contributed by atoms with Gasteiger partial charge in [-0.2, -0.15) is 12.7 Å². The van der Waals surface area contributed by atoms with Crippen molar-refractivity contribution < 1.29 is 12.6 Å². The highest BCUT2D eigenvalue weighted by Gasteiger charge is 2.36. The normalized spacial score (nSPS) is 20.0. The fourth-order valence-corrected chi connectivity index (χ4v) is 5.29. The summed E-state index contributed by atoms with van der Waals surface area (Å²) in [4.78, 5) is 0. The molecule has 0 saturated carbocycles. The Morgan fingerprint density at radius 1 is 1.03 bits per heavy atom. The minimum Gasteiger partial charge on any atom is -0.253 e. The molecule has 0 fully saturated rings. The van der Waals surface area contributed by atoms with Gasteiger partial charge in [0.25, 0.3) is 0 Å². The lowest BCUT2D eigenvalue weighted by Crippen LogP contribution is -2.36. The van der Waals surface area contributed by atoms with E-state index in [1.54, 1.807) is 6.07 Å². The predicted octanol–water partition coefficient (Wildman–Crippen LogP) is 6.52. The molecule has 0 unspecified atom stereocenters. The number of hydrogen-bond donors (Lipinski definition) is 0. The minimum absolute atomic E-state index is 0.0791. The van der Waals surface area contributed by atoms with Gasteiger partial charge in [-0.25, -0.2) is 0 Å². The molecule has 2 atom stereocenters. The SMILES string of the molecule is CN([C@H]1CC[C@@H](c2ccc(Cl)c(Cl)c2)c2ccccc21)S(=O)(=O)OCC(Cl)(Cl)Cl. The second-order valence-electron chi connectivity index (χ2n) is 6.80. The van der Waals surface area contributed by atoms with E-state index in [1.807, 2.05) is 36.4 Å². The first-order valence-electron chi connectivity index (χ1n) is 8.72. The highest BCUT2D eigenvalue weighted by Crippen LogP contribution is 2.45. The van der Waals surface area contributed by atoms with Crippen LogP contribution in [0, 0.1) is 0 Å². The van der Waals surface area contributed by atoms with E-state index in [4.69, 9.17) is 62.2 Å². The predicted molar refractivity (Wildman–Crippen MR) is 120 cm³/mol. The fraction of sp³-hybridized carbons (Fsp3) is 0.368. The van der Waals surface area contributed by atoms with Crippen LogP contribution in [-0.2, 0) is 14.5 Å². The van der Waals surface area contributed by atoms with Gasteiger partial charge in [0.2, 0.25) is 3.79 Å². The Bertz CT molecular complexity index is 994. The first-order chi connectivity index (χ1) is 13.5. The number of hydrogen-bond acceptors (Lipinski definition) is 3. The van der Waals surface area contributed by atoms with Crippen LogP contribution in [0.15, 0.2) is 42.5 Å². The second kappa shape index (κ2) is 9.09. The lowest BCUT2D eigenvalue weighted by atomic mass is 9.77. The van der Waals surface area contributed by atoms with Gasteiger partial charge in [-0.3, -0.25) is 4.18 Å². The molecule has 3 rings (SSSR count). The summed E-state index contributed by atoms with van der Waals surface area (Å²) in [7, 11) is -2.62. The van der Waals surface area contributed by atoms with Gasteiger partial charge in [-0.05, 0) is 41.7 Å². The monoisotopic (exact) mass is 515 g/mol.